The van der Waals surface area contributed by atoms with E-state index in [4.69, 9.17) is 5.11 Å². The fourth-order valence-electron chi connectivity index (χ4n) is 9.06. The number of fused-ring (bicyclic) bond motifs is 5. The minimum atomic E-state index is -0.679. The summed E-state index contributed by atoms with van der Waals surface area (Å²) in [6, 6.07) is 0. The molecule has 0 aromatic carbocycles. The number of carbonyl (C=O) groups excluding carboxylic acids is 1. The lowest BCUT2D eigenvalue weighted by atomic mass is 9.44. The van der Waals surface area contributed by atoms with Gasteiger partial charge < -0.3 is 10.2 Å². The van der Waals surface area contributed by atoms with Crippen LogP contribution in [0, 0.1) is 52.3 Å². The minimum Gasteiger partial charge on any atom is -0.481 e. The van der Waals surface area contributed by atoms with Crippen molar-refractivity contribution in [2.24, 2.45) is 52.3 Å². The first kappa shape index (κ1) is 23.3. The lowest BCUT2D eigenvalue weighted by Gasteiger charge is -2.62. The Balaban J connectivity index is 1.46. The van der Waals surface area contributed by atoms with Crippen molar-refractivity contribution in [1.29, 1.82) is 0 Å². The topological polar surface area (TPSA) is 74.6 Å². The van der Waals surface area contributed by atoms with Gasteiger partial charge in [-0.1, -0.05) is 40.5 Å². The summed E-state index contributed by atoms with van der Waals surface area (Å²) in [5.41, 5.74) is 0.531. The van der Waals surface area contributed by atoms with E-state index in [-0.39, 0.29) is 17.4 Å². The number of Topliss-reactive ketones (excluding diaryl/α,β-unsaturated/α-hetero) is 1. The van der Waals surface area contributed by atoms with Gasteiger partial charge in [-0.3, -0.25) is 9.59 Å². The van der Waals surface area contributed by atoms with Crippen LogP contribution in [0.2, 0.25) is 0 Å². The first-order valence-corrected chi connectivity index (χ1v) is 13.0. The molecule has 4 fully saturated rings. The van der Waals surface area contributed by atoms with Crippen LogP contribution in [0.4, 0.5) is 0 Å². The van der Waals surface area contributed by atoms with Gasteiger partial charge in [-0.2, -0.15) is 0 Å². The maximum absolute atomic E-state index is 12.1. The van der Waals surface area contributed by atoms with Crippen molar-refractivity contribution in [2.45, 2.75) is 104 Å². The molecule has 176 valence electrons. The number of hydrogen-bond donors (Lipinski definition) is 2. The zero-order valence-electron chi connectivity index (χ0n) is 20.1. The lowest BCUT2D eigenvalue weighted by molar-refractivity contribution is -0.168. The highest BCUT2D eigenvalue weighted by atomic mass is 16.4. The number of aliphatic carboxylic acids is 1. The third-order valence-corrected chi connectivity index (χ3v) is 11.0. The predicted molar refractivity (Wildman–Crippen MR) is 121 cm³/mol. The Morgan fingerprint density at radius 1 is 1.06 bits per heavy atom. The molecule has 4 heteroatoms. The molecule has 31 heavy (non-hydrogen) atoms. The molecule has 4 nitrogen and oxygen atoms in total. The van der Waals surface area contributed by atoms with Crippen molar-refractivity contribution in [2.75, 3.05) is 0 Å². The molecule has 4 saturated carbocycles. The molecule has 0 radical (unpaired) electrons. The van der Waals surface area contributed by atoms with Crippen molar-refractivity contribution in [1.82, 2.24) is 0 Å². The highest BCUT2D eigenvalue weighted by molar-refractivity contribution is 5.79. The third-order valence-electron chi connectivity index (χ3n) is 11.0. The minimum absolute atomic E-state index is 0.232. The molecule has 0 bridgehead atoms. The van der Waals surface area contributed by atoms with Crippen LogP contribution in [0.3, 0.4) is 0 Å². The molecule has 10 atom stereocenters. The molecule has 1 unspecified atom stereocenters. The van der Waals surface area contributed by atoms with Crippen LogP contribution in [0.1, 0.15) is 98.3 Å². The van der Waals surface area contributed by atoms with E-state index in [1.807, 2.05) is 6.92 Å². The van der Waals surface area contributed by atoms with Crippen molar-refractivity contribution in [3.05, 3.63) is 0 Å². The van der Waals surface area contributed by atoms with Crippen LogP contribution < -0.4 is 0 Å². The zero-order valence-corrected chi connectivity index (χ0v) is 20.1. The van der Waals surface area contributed by atoms with E-state index < -0.39 is 5.97 Å². The predicted octanol–water partition coefficient (Wildman–Crippen LogP) is 5.71. The SMILES string of the molecule is CC(CCC[C@@H](C)[C@H]1CC[C@H]2[C@@H]3[C@H](O)C[C@H]4CC(=O)CC[C@]4(C)[C@H]3CC[C@]12C)C(=O)O. The molecule has 0 spiro atoms. The molecule has 0 heterocycles. The third kappa shape index (κ3) is 3.89. The van der Waals surface area contributed by atoms with Gasteiger partial charge >= 0.3 is 5.97 Å². The number of rotatable bonds is 6. The van der Waals surface area contributed by atoms with Crippen molar-refractivity contribution >= 4 is 11.8 Å². The summed E-state index contributed by atoms with van der Waals surface area (Å²) in [6.45, 7) is 9.15. The Kier molecular flexibility index (Phi) is 6.35. The van der Waals surface area contributed by atoms with E-state index in [2.05, 4.69) is 20.8 Å². The fourth-order valence-corrected chi connectivity index (χ4v) is 9.06. The summed E-state index contributed by atoms with van der Waals surface area (Å²) in [5.74, 6) is 2.72. The first-order valence-electron chi connectivity index (χ1n) is 13.0. The van der Waals surface area contributed by atoms with Crippen LogP contribution in [0.25, 0.3) is 0 Å². The summed E-state index contributed by atoms with van der Waals surface area (Å²) in [5, 5.41) is 20.5. The number of aliphatic hydroxyl groups excluding tert-OH is 1. The van der Waals surface area contributed by atoms with E-state index in [0.29, 0.717) is 53.1 Å². The number of ketones is 1. The Hall–Kier alpha value is -0.900. The van der Waals surface area contributed by atoms with E-state index >= 15 is 0 Å². The highest BCUT2D eigenvalue weighted by Crippen LogP contribution is 2.68. The van der Waals surface area contributed by atoms with Gasteiger partial charge in [0.1, 0.15) is 5.78 Å². The highest BCUT2D eigenvalue weighted by Gasteiger charge is 2.62. The average molecular weight is 433 g/mol. The van der Waals surface area contributed by atoms with Gasteiger partial charge in [0, 0.05) is 12.8 Å². The van der Waals surface area contributed by atoms with Crippen LogP contribution in [0.5, 0.6) is 0 Å². The molecule has 0 saturated heterocycles. The van der Waals surface area contributed by atoms with Crippen LogP contribution in [-0.4, -0.2) is 28.1 Å². The van der Waals surface area contributed by atoms with Crippen LogP contribution in [0.15, 0.2) is 0 Å². The number of carbonyl (C=O) groups is 2. The van der Waals surface area contributed by atoms with Gasteiger partial charge in [0.05, 0.1) is 12.0 Å². The van der Waals surface area contributed by atoms with E-state index in [0.717, 1.165) is 38.5 Å². The molecule has 0 aliphatic heterocycles. The summed E-state index contributed by atoms with van der Waals surface area (Å²) in [4.78, 5) is 23.3. The molecule has 4 rings (SSSR count). The molecule has 4 aliphatic rings. The number of hydrogen-bond acceptors (Lipinski definition) is 3. The largest absolute Gasteiger partial charge is 0.481 e. The van der Waals surface area contributed by atoms with Gasteiger partial charge in [0.15, 0.2) is 0 Å². The van der Waals surface area contributed by atoms with Gasteiger partial charge in [-0.05, 0) is 91.3 Å². The zero-order chi connectivity index (χ0) is 22.6. The van der Waals surface area contributed by atoms with E-state index in [1.165, 1.54) is 25.7 Å². The summed E-state index contributed by atoms with van der Waals surface area (Å²) < 4.78 is 0. The standard InChI is InChI=1S/C27H44O4/c1-16(6-5-7-17(2)25(30)31)20-8-9-21-24-22(11-13-27(20,21)4)26(3)12-10-19(28)14-18(26)15-23(24)29/h16-18,20-24,29H,5-15H2,1-4H3,(H,30,31)/t16-,17?,18-,20-,21+,22+,23-,24+,26+,27-/m1/s1. The molecule has 0 aromatic heterocycles. The Morgan fingerprint density at radius 2 is 1.77 bits per heavy atom. The molecular formula is C27H44O4. The summed E-state index contributed by atoms with van der Waals surface area (Å²) >= 11 is 0. The van der Waals surface area contributed by atoms with Crippen LogP contribution in [-0.2, 0) is 9.59 Å². The van der Waals surface area contributed by atoms with Gasteiger partial charge in [-0.15, -0.1) is 0 Å². The molecular weight excluding hydrogens is 388 g/mol. The smallest absolute Gasteiger partial charge is 0.306 e. The maximum atomic E-state index is 12.1. The van der Waals surface area contributed by atoms with E-state index in [9.17, 15) is 14.7 Å². The second-order valence-electron chi connectivity index (χ2n) is 12.4. The molecule has 0 aromatic rings. The normalized spacial score (nSPS) is 46.5. The first-order chi connectivity index (χ1) is 14.6. The second-order valence-corrected chi connectivity index (χ2v) is 12.4. The van der Waals surface area contributed by atoms with Gasteiger partial charge in [-0.25, -0.2) is 0 Å². The monoisotopic (exact) mass is 432 g/mol. The Morgan fingerprint density at radius 3 is 2.48 bits per heavy atom. The number of carboxylic acid groups (broad SMARTS) is 1. The fraction of sp³-hybridized carbons (Fsp3) is 0.926. The molecule has 2 N–H and O–H groups in total. The number of aliphatic hydroxyl groups is 1. The van der Waals surface area contributed by atoms with Crippen molar-refractivity contribution < 1.29 is 19.8 Å². The summed E-state index contributed by atoms with van der Waals surface area (Å²) in [6.07, 6.45) is 10.8. The van der Waals surface area contributed by atoms with Crippen molar-refractivity contribution in [3.63, 3.8) is 0 Å². The van der Waals surface area contributed by atoms with Gasteiger partial charge in [0.25, 0.3) is 0 Å². The summed E-state index contributed by atoms with van der Waals surface area (Å²) in [7, 11) is 0. The Bertz CT molecular complexity index is 703. The van der Waals surface area contributed by atoms with Crippen molar-refractivity contribution in [3.8, 4) is 0 Å². The molecule has 4 aliphatic carbocycles. The van der Waals surface area contributed by atoms with E-state index in [1.54, 1.807) is 0 Å². The lowest BCUT2D eigenvalue weighted by Crippen LogP contribution is -2.58. The van der Waals surface area contributed by atoms with Gasteiger partial charge in [0.2, 0.25) is 0 Å². The quantitative estimate of drug-likeness (QED) is 0.563. The number of carboxylic acids is 1. The second kappa shape index (κ2) is 8.47. The molecule has 0 amide bonds. The Labute approximate surface area is 188 Å². The maximum Gasteiger partial charge on any atom is 0.306 e. The average Bonchev–Trinajstić information content (AvgIpc) is 3.06. The van der Waals surface area contributed by atoms with Crippen LogP contribution >= 0.6 is 0 Å².